The van der Waals surface area contributed by atoms with Crippen molar-refractivity contribution in [1.29, 1.82) is 0 Å². The van der Waals surface area contributed by atoms with Crippen LogP contribution in [-0.4, -0.2) is 65.8 Å². The van der Waals surface area contributed by atoms with Crippen LogP contribution in [0.15, 0.2) is 30.3 Å². The second-order valence-electron chi connectivity index (χ2n) is 7.24. The highest BCUT2D eigenvalue weighted by molar-refractivity contribution is 5.80. The topological polar surface area (TPSA) is 43.9 Å². The van der Waals surface area contributed by atoms with Crippen LogP contribution in [0.3, 0.4) is 0 Å². The number of rotatable bonds is 3. The summed E-state index contributed by atoms with van der Waals surface area (Å²) in [5.41, 5.74) is 1.33. The van der Waals surface area contributed by atoms with Gasteiger partial charge in [0, 0.05) is 52.7 Å². The Labute approximate surface area is 150 Å². The summed E-state index contributed by atoms with van der Waals surface area (Å²) in [5.74, 6) is 0.313. The Morgan fingerprint density at radius 1 is 0.960 bits per heavy atom. The van der Waals surface area contributed by atoms with Crippen LogP contribution in [-0.2, 0) is 16.1 Å². The van der Waals surface area contributed by atoms with Gasteiger partial charge in [-0.05, 0) is 24.8 Å². The van der Waals surface area contributed by atoms with E-state index in [0.717, 1.165) is 58.5 Å². The van der Waals surface area contributed by atoms with E-state index in [4.69, 9.17) is 0 Å². The average molecular weight is 343 g/mol. The van der Waals surface area contributed by atoms with E-state index < -0.39 is 0 Å². The molecule has 0 N–H and O–H groups in total. The predicted molar refractivity (Wildman–Crippen MR) is 97.9 cm³/mol. The average Bonchev–Trinajstić information content (AvgIpc) is 2.87. The molecule has 2 aliphatic heterocycles. The van der Waals surface area contributed by atoms with Gasteiger partial charge in [0.2, 0.25) is 11.8 Å². The van der Waals surface area contributed by atoms with E-state index in [0.29, 0.717) is 6.54 Å². The van der Waals surface area contributed by atoms with Crippen LogP contribution >= 0.6 is 0 Å². The molecule has 5 nitrogen and oxygen atoms in total. The highest BCUT2D eigenvalue weighted by atomic mass is 16.2. The maximum Gasteiger partial charge on any atom is 0.227 e. The molecule has 25 heavy (non-hydrogen) atoms. The lowest BCUT2D eigenvalue weighted by Crippen LogP contribution is -2.47. The van der Waals surface area contributed by atoms with Crippen LogP contribution in [0.2, 0.25) is 0 Å². The number of hydrogen-bond acceptors (Lipinski definition) is 3. The molecule has 0 aromatic heterocycles. The van der Waals surface area contributed by atoms with Gasteiger partial charge >= 0.3 is 0 Å². The van der Waals surface area contributed by atoms with Crippen molar-refractivity contribution in [3.63, 3.8) is 0 Å². The molecule has 1 aromatic rings. The second-order valence-corrected chi connectivity index (χ2v) is 7.24. The maximum atomic E-state index is 12.9. The number of carbonyl (C=O) groups excluding carboxylic acids is 2. The molecular formula is C20H29N3O2. The largest absolute Gasteiger partial charge is 0.342 e. The fourth-order valence-corrected chi connectivity index (χ4v) is 3.91. The van der Waals surface area contributed by atoms with Crippen molar-refractivity contribution >= 4 is 11.8 Å². The van der Waals surface area contributed by atoms with E-state index in [-0.39, 0.29) is 17.7 Å². The molecule has 2 fully saturated rings. The van der Waals surface area contributed by atoms with Crippen LogP contribution in [0.5, 0.6) is 0 Å². The molecule has 136 valence electrons. The van der Waals surface area contributed by atoms with Gasteiger partial charge in [0.15, 0.2) is 0 Å². The molecule has 0 bridgehead atoms. The summed E-state index contributed by atoms with van der Waals surface area (Å²) in [7, 11) is 0. The van der Waals surface area contributed by atoms with Crippen molar-refractivity contribution in [2.24, 2.45) is 5.92 Å². The SMILES string of the molecule is CC(=O)N1CCCC(C(=O)N2CCCN(Cc3ccccc3)CC2)C1. The van der Waals surface area contributed by atoms with Crippen molar-refractivity contribution in [2.75, 3.05) is 39.3 Å². The Balaban J connectivity index is 1.53. The molecule has 1 aromatic carbocycles. The summed E-state index contributed by atoms with van der Waals surface area (Å²) in [4.78, 5) is 30.8. The van der Waals surface area contributed by atoms with E-state index in [9.17, 15) is 9.59 Å². The zero-order valence-electron chi connectivity index (χ0n) is 15.2. The molecule has 2 heterocycles. The third-order valence-electron chi connectivity index (χ3n) is 5.37. The first kappa shape index (κ1) is 17.9. The molecular weight excluding hydrogens is 314 g/mol. The Hall–Kier alpha value is -1.88. The lowest BCUT2D eigenvalue weighted by Gasteiger charge is -2.34. The Morgan fingerprint density at radius 2 is 1.72 bits per heavy atom. The molecule has 2 saturated heterocycles. The minimum Gasteiger partial charge on any atom is -0.342 e. The summed E-state index contributed by atoms with van der Waals surface area (Å²) in [6, 6.07) is 10.5. The van der Waals surface area contributed by atoms with Crippen LogP contribution in [0.1, 0.15) is 31.7 Å². The highest BCUT2D eigenvalue weighted by Crippen LogP contribution is 2.20. The van der Waals surface area contributed by atoms with Gasteiger partial charge in [0.1, 0.15) is 0 Å². The molecule has 0 aliphatic carbocycles. The highest BCUT2D eigenvalue weighted by Gasteiger charge is 2.31. The van der Waals surface area contributed by atoms with Crippen molar-refractivity contribution in [1.82, 2.24) is 14.7 Å². The van der Waals surface area contributed by atoms with E-state index in [1.165, 1.54) is 5.56 Å². The van der Waals surface area contributed by atoms with Crippen molar-refractivity contribution in [2.45, 2.75) is 32.7 Å². The fourth-order valence-electron chi connectivity index (χ4n) is 3.91. The van der Waals surface area contributed by atoms with E-state index in [1.807, 2.05) is 15.9 Å². The lowest BCUT2D eigenvalue weighted by molar-refractivity contribution is -0.140. The molecule has 0 radical (unpaired) electrons. The molecule has 1 unspecified atom stereocenters. The van der Waals surface area contributed by atoms with Gasteiger partial charge in [-0.2, -0.15) is 0 Å². The van der Waals surface area contributed by atoms with E-state index >= 15 is 0 Å². The Morgan fingerprint density at radius 3 is 2.48 bits per heavy atom. The minimum atomic E-state index is -0.0154. The van der Waals surface area contributed by atoms with Gasteiger partial charge in [-0.25, -0.2) is 0 Å². The van der Waals surface area contributed by atoms with Gasteiger partial charge in [-0.1, -0.05) is 30.3 Å². The smallest absolute Gasteiger partial charge is 0.227 e. The number of likely N-dealkylation sites (tertiary alicyclic amines) is 1. The molecule has 2 amide bonds. The molecule has 0 saturated carbocycles. The summed E-state index contributed by atoms with van der Waals surface area (Å²) < 4.78 is 0. The first-order valence-corrected chi connectivity index (χ1v) is 9.44. The normalized spacial score (nSPS) is 22.5. The van der Waals surface area contributed by atoms with Gasteiger partial charge in [-0.3, -0.25) is 14.5 Å². The first-order chi connectivity index (χ1) is 12.1. The summed E-state index contributed by atoms with van der Waals surface area (Å²) in [6.07, 6.45) is 2.86. The zero-order chi connectivity index (χ0) is 17.6. The van der Waals surface area contributed by atoms with Gasteiger partial charge in [0.05, 0.1) is 5.92 Å². The molecule has 3 rings (SSSR count). The number of piperidine rings is 1. The summed E-state index contributed by atoms with van der Waals surface area (Å²) in [6.45, 7) is 7.52. The first-order valence-electron chi connectivity index (χ1n) is 9.44. The van der Waals surface area contributed by atoms with Gasteiger partial charge < -0.3 is 9.80 Å². The standard InChI is InChI=1S/C20H29N3O2/c1-17(24)23-11-5-9-19(16-23)20(25)22-12-6-10-21(13-14-22)15-18-7-3-2-4-8-18/h2-4,7-8,19H,5-6,9-16H2,1H3. The number of carbonyl (C=O) groups is 2. The van der Waals surface area contributed by atoms with Crippen LogP contribution < -0.4 is 0 Å². The van der Waals surface area contributed by atoms with Crippen molar-refractivity contribution < 1.29 is 9.59 Å². The number of nitrogens with zero attached hydrogens (tertiary/aromatic N) is 3. The third kappa shape index (κ3) is 4.82. The zero-order valence-corrected chi connectivity index (χ0v) is 15.2. The van der Waals surface area contributed by atoms with Crippen molar-refractivity contribution in [3.05, 3.63) is 35.9 Å². The van der Waals surface area contributed by atoms with Gasteiger partial charge in [-0.15, -0.1) is 0 Å². The van der Waals surface area contributed by atoms with Gasteiger partial charge in [0.25, 0.3) is 0 Å². The Kier molecular flexibility index (Phi) is 6.08. The molecule has 5 heteroatoms. The van der Waals surface area contributed by atoms with Crippen LogP contribution in [0, 0.1) is 5.92 Å². The predicted octanol–water partition coefficient (Wildman–Crippen LogP) is 1.98. The maximum absolute atomic E-state index is 12.9. The van der Waals surface area contributed by atoms with Crippen molar-refractivity contribution in [3.8, 4) is 0 Å². The Bertz CT molecular complexity index is 590. The summed E-state index contributed by atoms with van der Waals surface area (Å²) >= 11 is 0. The minimum absolute atomic E-state index is 0.0154. The summed E-state index contributed by atoms with van der Waals surface area (Å²) in [5, 5.41) is 0. The quantitative estimate of drug-likeness (QED) is 0.843. The molecule has 0 spiro atoms. The number of benzene rings is 1. The van der Waals surface area contributed by atoms with E-state index in [1.54, 1.807) is 6.92 Å². The monoisotopic (exact) mass is 343 g/mol. The van der Waals surface area contributed by atoms with E-state index in [2.05, 4.69) is 29.2 Å². The van der Waals surface area contributed by atoms with Crippen LogP contribution in [0.4, 0.5) is 0 Å². The third-order valence-corrected chi connectivity index (χ3v) is 5.37. The molecule has 1 atom stereocenters. The second kappa shape index (κ2) is 8.48. The number of hydrogen-bond donors (Lipinski definition) is 0. The number of amides is 2. The fraction of sp³-hybridized carbons (Fsp3) is 0.600. The lowest BCUT2D eigenvalue weighted by atomic mass is 9.96. The van der Waals surface area contributed by atoms with Crippen LogP contribution in [0.25, 0.3) is 0 Å². The molecule has 2 aliphatic rings.